The summed E-state index contributed by atoms with van der Waals surface area (Å²) >= 11 is 2.08. The van der Waals surface area contributed by atoms with E-state index in [1.807, 2.05) is 11.3 Å². The van der Waals surface area contributed by atoms with Gasteiger partial charge in [-0.3, -0.25) is 0 Å². The van der Waals surface area contributed by atoms with Gasteiger partial charge in [0.25, 0.3) is 0 Å². The summed E-state index contributed by atoms with van der Waals surface area (Å²) in [7, 11) is 0. The number of unbranched alkanes of at least 4 members (excludes halogenated alkanes) is 1. The summed E-state index contributed by atoms with van der Waals surface area (Å²) < 4.78 is 5.74. The molecule has 0 aliphatic heterocycles. The van der Waals surface area contributed by atoms with E-state index in [2.05, 4.69) is 57.7 Å². The van der Waals surface area contributed by atoms with Gasteiger partial charge in [0.15, 0.2) is 0 Å². The van der Waals surface area contributed by atoms with Crippen molar-refractivity contribution in [2.24, 2.45) is 0 Å². The van der Waals surface area contributed by atoms with Crippen molar-refractivity contribution >= 4 is 51.1 Å². The van der Waals surface area contributed by atoms with E-state index in [4.69, 9.17) is 4.98 Å². The van der Waals surface area contributed by atoms with E-state index in [1.165, 1.54) is 40.0 Å². The monoisotopic (exact) mass is 369 g/mol. The minimum absolute atomic E-state index is 1.24. The first-order valence-electron chi connectivity index (χ1n) is 7.52. The molecule has 0 fully saturated rings. The molecule has 100 valence electrons. The Morgan fingerprint density at radius 2 is 1.72 bits per heavy atom. The molecule has 0 aliphatic rings. The van der Waals surface area contributed by atoms with Crippen molar-refractivity contribution in [3.8, 4) is 0 Å². The summed E-state index contributed by atoms with van der Waals surface area (Å²) in [5.41, 5.74) is 0. The van der Waals surface area contributed by atoms with Crippen molar-refractivity contribution in [1.29, 1.82) is 0 Å². The van der Waals surface area contributed by atoms with Gasteiger partial charge in [-0.1, -0.05) is 0 Å². The van der Waals surface area contributed by atoms with Gasteiger partial charge < -0.3 is 0 Å². The summed E-state index contributed by atoms with van der Waals surface area (Å²) in [6.45, 7) is 11.4. The van der Waals surface area contributed by atoms with Gasteiger partial charge in [-0.2, -0.15) is 0 Å². The van der Waals surface area contributed by atoms with Crippen LogP contribution in [0.3, 0.4) is 0 Å². The Labute approximate surface area is 131 Å². The van der Waals surface area contributed by atoms with Gasteiger partial charge in [-0.25, -0.2) is 0 Å². The summed E-state index contributed by atoms with van der Waals surface area (Å²) in [4.78, 5) is 4.71. The van der Waals surface area contributed by atoms with Crippen molar-refractivity contribution in [2.45, 2.75) is 65.9 Å². The fourth-order valence-electron chi connectivity index (χ4n) is 2.25. The fraction of sp³-hybridized carbons (Fsp3) is 0.786. The summed E-state index contributed by atoms with van der Waals surface area (Å²) in [6.07, 6.45) is 2.73. The number of hydrogen-bond donors (Lipinski definition) is 0. The van der Waals surface area contributed by atoms with Crippen LogP contribution in [0, 0.1) is 6.92 Å². The van der Waals surface area contributed by atoms with Crippen LogP contribution in [0.4, 0.5) is 0 Å². The van der Waals surface area contributed by atoms with Crippen LogP contribution >= 0.6 is 11.3 Å². The molecule has 1 rings (SSSR count). The van der Waals surface area contributed by atoms with Crippen LogP contribution in [-0.2, 0) is 0 Å². The van der Waals surface area contributed by atoms with Gasteiger partial charge in [-0.05, 0) is 0 Å². The predicted molar refractivity (Wildman–Crippen MR) is 89.2 cm³/mol. The van der Waals surface area contributed by atoms with Crippen molar-refractivity contribution in [3.05, 3.63) is 10.4 Å². The van der Waals surface area contributed by atoms with E-state index >= 15 is 0 Å². The Kier molecular flexibility index (Phi) is 11.4. The molecule has 0 N–H and O–H groups in total. The number of aromatic nitrogens is 1. The van der Waals surface area contributed by atoms with Crippen LogP contribution in [-0.4, -0.2) is 41.1 Å². The molecule has 0 bridgehead atoms. The summed E-state index contributed by atoms with van der Waals surface area (Å²) in [5, 5.41) is 4.91. The zero-order valence-corrected chi connectivity index (χ0v) is 16.8. The third-order valence-corrected chi connectivity index (χ3v) is 20.7. The van der Waals surface area contributed by atoms with E-state index < -0.39 is 18.4 Å². The van der Waals surface area contributed by atoms with Crippen LogP contribution < -0.4 is 3.71 Å². The molecule has 0 atom stereocenters. The predicted octanol–water partition coefficient (Wildman–Crippen LogP) is 4.54. The van der Waals surface area contributed by atoms with E-state index in [-0.39, 0.29) is 0 Å². The third-order valence-electron chi connectivity index (χ3n) is 3.90. The van der Waals surface area contributed by atoms with E-state index in [1.54, 1.807) is 0 Å². The number of thiazole rings is 1. The van der Waals surface area contributed by atoms with Crippen LogP contribution in [0.1, 0.15) is 45.5 Å². The van der Waals surface area contributed by atoms with Gasteiger partial charge in [0.1, 0.15) is 0 Å². The summed E-state index contributed by atoms with van der Waals surface area (Å²) in [5.74, 6) is 0. The fourth-order valence-corrected chi connectivity index (χ4v) is 14.4. The Bertz CT molecular complexity index is 300. The number of hydrogen-bond acceptors (Lipinski definition) is 2. The Morgan fingerprint density at radius 3 is 1.94 bits per heavy atom. The second-order valence-corrected chi connectivity index (χ2v) is 20.8. The average Bonchev–Trinajstić information content (AvgIpc) is 2.81. The summed E-state index contributed by atoms with van der Waals surface area (Å²) in [6, 6.07) is 0. The first-order valence-corrected chi connectivity index (χ1v) is 15.9. The normalized spacial score (nSPS) is 11.1. The molecule has 0 spiro atoms. The first-order chi connectivity index (χ1) is 8.60. The topological polar surface area (TPSA) is 12.9 Å². The molecule has 0 saturated carbocycles. The number of aryl methyl sites for hydroxylation is 1. The number of nitrogens with zero attached hydrogens (tertiary/aromatic N) is 1. The van der Waals surface area contributed by atoms with Crippen LogP contribution in [0.2, 0.25) is 18.4 Å². The Hall–Kier alpha value is 1.03. The van der Waals surface area contributed by atoms with Crippen molar-refractivity contribution in [2.75, 3.05) is 0 Å². The van der Waals surface area contributed by atoms with Crippen LogP contribution in [0.25, 0.3) is 0 Å². The standard InChI is InChI=1S/C4H4NS.C4H9.3C2H5.Li.Sn/c1-4-5-2-3-6-4;1-3-4-2;3*1-2;;/h3H,1H3;1,3-4H2,2H3;3*1H2,2H3;;. The molecule has 1 nitrogen and oxygen atoms in total. The van der Waals surface area contributed by atoms with Crippen LogP contribution in [0.5, 0.6) is 0 Å². The molecule has 0 aliphatic carbocycles. The van der Waals surface area contributed by atoms with E-state index in [9.17, 15) is 0 Å². The zero-order chi connectivity index (χ0) is 14.0. The molecular formula is C14H28LiNSSn. The third kappa shape index (κ3) is 5.99. The molecule has 4 heteroatoms. The molecule has 1 aromatic rings. The average molecular weight is 368 g/mol. The molecular weight excluding hydrogens is 340 g/mol. The van der Waals surface area contributed by atoms with E-state index in [0.29, 0.717) is 0 Å². The molecule has 18 heavy (non-hydrogen) atoms. The van der Waals surface area contributed by atoms with Crippen molar-refractivity contribution in [3.63, 3.8) is 0 Å². The van der Waals surface area contributed by atoms with Gasteiger partial charge in [0, 0.05) is 0 Å². The minimum atomic E-state index is -1.95. The van der Waals surface area contributed by atoms with Crippen molar-refractivity contribution in [1.82, 2.24) is 4.98 Å². The molecule has 0 amide bonds. The Morgan fingerprint density at radius 1 is 1.17 bits per heavy atom. The molecule has 1 heterocycles. The second kappa shape index (κ2) is 10.8. The molecule has 0 aromatic carbocycles. The molecule has 0 radical (unpaired) electrons. The maximum atomic E-state index is 4.71. The zero-order valence-electron chi connectivity index (χ0n) is 13.2. The molecule has 0 saturated heterocycles. The molecule has 0 unspecified atom stereocenters. The van der Waals surface area contributed by atoms with Gasteiger partial charge in [-0.15, -0.1) is 0 Å². The van der Waals surface area contributed by atoms with Gasteiger partial charge >= 0.3 is 132 Å². The van der Waals surface area contributed by atoms with Gasteiger partial charge in [0.2, 0.25) is 0 Å². The van der Waals surface area contributed by atoms with Crippen molar-refractivity contribution < 1.29 is 0 Å². The maximum absolute atomic E-state index is 4.71. The second-order valence-electron chi connectivity index (χ2n) is 4.95. The SMILES string of the molecule is C[CH2][Sn]([CH2]C)([CH2]C)[c]1csc(C)n1.[Li][CH2]CCC. The van der Waals surface area contributed by atoms with E-state index in [0.717, 1.165) is 0 Å². The molecule has 1 aromatic heterocycles. The number of rotatable bonds is 6. The first kappa shape index (κ1) is 19.0. The van der Waals surface area contributed by atoms with Gasteiger partial charge in [0.05, 0.1) is 0 Å². The quantitative estimate of drug-likeness (QED) is 0.672. The van der Waals surface area contributed by atoms with Crippen LogP contribution in [0.15, 0.2) is 5.38 Å². The Balaban J connectivity index is 0.000000494.